The molecular formula is C23H37IN6O. The highest BCUT2D eigenvalue weighted by Crippen LogP contribution is 2.22. The van der Waals surface area contributed by atoms with Gasteiger partial charge in [-0.1, -0.05) is 31.9 Å². The molecule has 2 N–H and O–H groups in total. The number of aliphatic imine (C=N–C) groups is 1. The van der Waals surface area contributed by atoms with Gasteiger partial charge < -0.3 is 19.9 Å². The molecule has 1 aliphatic rings. The number of aryl methyl sites for hydroxylation is 2. The summed E-state index contributed by atoms with van der Waals surface area (Å²) in [7, 11) is 0. The lowest BCUT2D eigenvalue weighted by Gasteiger charge is -2.16. The maximum Gasteiger partial charge on any atom is 0.191 e. The molecule has 2 aromatic rings. The van der Waals surface area contributed by atoms with Crippen molar-refractivity contribution in [1.82, 2.24) is 25.4 Å². The zero-order chi connectivity index (χ0) is 21.2. The lowest BCUT2D eigenvalue weighted by Crippen LogP contribution is -2.37. The standard InChI is InChI=1S/C23H36N6O.HI/c1-4-6-9-14-30-20-15-18(3)11-12-19(20)16-25-23(24-5-2)26-17-22-28-27-21-10-7-8-13-29(21)22;/h11-12,15H,4-10,13-14,16-17H2,1-3H3,(H2,24,25,26);1H. The molecule has 0 radical (unpaired) electrons. The fourth-order valence-electron chi connectivity index (χ4n) is 3.63. The van der Waals surface area contributed by atoms with Crippen molar-refractivity contribution in [2.24, 2.45) is 4.99 Å². The van der Waals surface area contributed by atoms with Crippen LogP contribution in [0.1, 0.15) is 68.7 Å². The monoisotopic (exact) mass is 540 g/mol. The highest BCUT2D eigenvalue weighted by molar-refractivity contribution is 14.0. The number of nitrogens with one attached hydrogen (secondary N) is 2. The summed E-state index contributed by atoms with van der Waals surface area (Å²) in [6, 6.07) is 6.35. The van der Waals surface area contributed by atoms with E-state index in [1.54, 1.807) is 0 Å². The lowest BCUT2D eigenvalue weighted by atomic mass is 10.1. The normalized spacial score (nSPS) is 13.3. The van der Waals surface area contributed by atoms with Crippen molar-refractivity contribution in [3.8, 4) is 5.75 Å². The number of benzene rings is 1. The molecule has 31 heavy (non-hydrogen) atoms. The number of aromatic nitrogens is 3. The minimum absolute atomic E-state index is 0. The maximum absolute atomic E-state index is 6.06. The Morgan fingerprint density at radius 1 is 1.16 bits per heavy atom. The molecule has 1 aromatic carbocycles. The summed E-state index contributed by atoms with van der Waals surface area (Å²) in [5.41, 5.74) is 2.31. The van der Waals surface area contributed by atoms with Gasteiger partial charge in [0.05, 0.1) is 19.7 Å². The summed E-state index contributed by atoms with van der Waals surface area (Å²) in [5, 5.41) is 15.4. The van der Waals surface area contributed by atoms with E-state index in [0.29, 0.717) is 13.1 Å². The highest BCUT2D eigenvalue weighted by atomic mass is 127. The van der Waals surface area contributed by atoms with Crippen LogP contribution in [-0.4, -0.2) is 33.9 Å². The van der Waals surface area contributed by atoms with Crippen LogP contribution >= 0.6 is 24.0 Å². The van der Waals surface area contributed by atoms with Gasteiger partial charge in [-0.25, -0.2) is 4.99 Å². The highest BCUT2D eigenvalue weighted by Gasteiger charge is 2.15. The van der Waals surface area contributed by atoms with Gasteiger partial charge in [-0.15, -0.1) is 34.2 Å². The van der Waals surface area contributed by atoms with Crippen molar-refractivity contribution in [1.29, 1.82) is 0 Å². The van der Waals surface area contributed by atoms with Crippen LogP contribution < -0.4 is 15.4 Å². The van der Waals surface area contributed by atoms with Crippen LogP contribution in [0.2, 0.25) is 0 Å². The summed E-state index contributed by atoms with van der Waals surface area (Å²) in [6.45, 7) is 10.1. The molecule has 2 heterocycles. The predicted molar refractivity (Wildman–Crippen MR) is 136 cm³/mol. The van der Waals surface area contributed by atoms with Crippen molar-refractivity contribution in [2.75, 3.05) is 13.2 Å². The smallest absolute Gasteiger partial charge is 0.191 e. The Kier molecular flexibility index (Phi) is 11.1. The van der Waals surface area contributed by atoms with Crippen LogP contribution in [0.5, 0.6) is 5.75 Å². The van der Waals surface area contributed by atoms with Crippen molar-refractivity contribution in [3.05, 3.63) is 41.0 Å². The molecule has 0 bridgehead atoms. The van der Waals surface area contributed by atoms with E-state index in [0.717, 1.165) is 61.5 Å². The van der Waals surface area contributed by atoms with Gasteiger partial charge in [0.25, 0.3) is 0 Å². The molecule has 0 atom stereocenters. The number of guanidine groups is 1. The Hall–Kier alpha value is -1.84. The first-order valence-corrected chi connectivity index (χ1v) is 11.4. The number of hydrogen-bond acceptors (Lipinski definition) is 4. The summed E-state index contributed by atoms with van der Waals surface area (Å²) in [5.74, 6) is 3.80. The molecular weight excluding hydrogens is 503 g/mol. The molecule has 0 unspecified atom stereocenters. The fraction of sp³-hybridized carbons (Fsp3) is 0.609. The topological polar surface area (TPSA) is 76.4 Å². The van der Waals surface area contributed by atoms with E-state index in [4.69, 9.17) is 9.73 Å². The van der Waals surface area contributed by atoms with Crippen molar-refractivity contribution in [3.63, 3.8) is 0 Å². The van der Waals surface area contributed by atoms with E-state index in [2.05, 4.69) is 64.4 Å². The summed E-state index contributed by atoms with van der Waals surface area (Å²) >= 11 is 0. The first-order chi connectivity index (χ1) is 14.7. The third kappa shape index (κ3) is 7.66. The van der Waals surface area contributed by atoms with E-state index >= 15 is 0 Å². The average molecular weight is 540 g/mol. The third-order valence-electron chi connectivity index (χ3n) is 5.33. The molecule has 172 valence electrons. The maximum atomic E-state index is 6.06. The van der Waals surface area contributed by atoms with Crippen LogP contribution in [0.3, 0.4) is 0 Å². The molecule has 0 saturated carbocycles. The van der Waals surface area contributed by atoms with Crippen molar-refractivity contribution in [2.45, 2.75) is 78.9 Å². The van der Waals surface area contributed by atoms with E-state index in [1.165, 1.54) is 31.2 Å². The predicted octanol–water partition coefficient (Wildman–Crippen LogP) is 4.37. The minimum atomic E-state index is 0. The quantitative estimate of drug-likeness (QED) is 0.203. The molecule has 1 aromatic heterocycles. The molecule has 0 amide bonds. The van der Waals surface area contributed by atoms with E-state index < -0.39 is 0 Å². The van der Waals surface area contributed by atoms with Gasteiger partial charge in [-0.2, -0.15) is 0 Å². The number of unbranched alkanes of at least 4 members (excludes halogenated alkanes) is 2. The van der Waals surface area contributed by atoms with Crippen molar-refractivity contribution >= 4 is 29.9 Å². The second-order valence-corrected chi connectivity index (χ2v) is 7.86. The van der Waals surface area contributed by atoms with Gasteiger partial charge in [0, 0.05) is 25.1 Å². The fourth-order valence-corrected chi connectivity index (χ4v) is 3.63. The van der Waals surface area contributed by atoms with Gasteiger partial charge in [0.2, 0.25) is 0 Å². The number of fused-ring (bicyclic) bond motifs is 1. The molecule has 0 saturated heterocycles. The van der Waals surface area contributed by atoms with E-state index in [9.17, 15) is 0 Å². The van der Waals surface area contributed by atoms with Crippen LogP contribution in [0.4, 0.5) is 0 Å². The van der Waals surface area contributed by atoms with Gasteiger partial charge in [0.15, 0.2) is 11.8 Å². The Balaban J connectivity index is 0.00000341. The molecule has 1 aliphatic heterocycles. The summed E-state index contributed by atoms with van der Waals surface area (Å²) in [6.07, 6.45) is 6.90. The van der Waals surface area contributed by atoms with Gasteiger partial charge in [-0.3, -0.25) is 0 Å². The van der Waals surface area contributed by atoms with Gasteiger partial charge in [0.1, 0.15) is 11.6 Å². The Labute approximate surface area is 203 Å². The molecule has 0 fully saturated rings. The molecule has 0 aliphatic carbocycles. The number of halogens is 1. The lowest BCUT2D eigenvalue weighted by molar-refractivity contribution is 0.303. The molecule has 8 heteroatoms. The van der Waals surface area contributed by atoms with Crippen LogP contribution in [0.25, 0.3) is 0 Å². The Morgan fingerprint density at radius 2 is 2.03 bits per heavy atom. The zero-order valence-electron chi connectivity index (χ0n) is 19.1. The van der Waals surface area contributed by atoms with Crippen molar-refractivity contribution < 1.29 is 4.74 Å². The van der Waals surface area contributed by atoms with Crippen LogP contribution in [-0.2, 0) is 26.1 Å². The molecule has 0 spiro atoms. The Morgan fingerprint density at radius 3 is 2.84 bits per heavy atom. The van der Waals surface area contributed by atoms with Gasteiger partial charge >= 0.3 is 0 Å². The second-order valence-electron chi connectivity index (χ2n) is 7.86. The molecule has 7 nitrogen and oxygen atoms in total. The average Bonchev–Trinajstić information content (AvgIpc) is 3.17. The van der Waals surface area contributed by atoms with Gasteiger partial charge in [-0.05, 0) is 44.7 Å². The second kappa shape index (κ2) is 13.5. The summed E-state index contributed by atoms with van der Waals surface area (Å²) in [4.78, 5) is 4.79. The zero-order valence-corrected chi connectivity index (χ0v) is 21.4. The first-order valence-electron chi connectivity index (χ1n) is 11.4. The van der Waals surface area contributed by atoms with Crippen LogP contribution in [0.15, 0.2) is 23.2 Å². The number of hydrogen-bond donors (Lipinski definition) is 2. The SMILES string of the molecule is CCCCCOc1cc(C)ccc1CN=C(NCC)NCc1nnc2n1CCCC2.I. The van der Waals surface area contributed by atoms with E-state index in [-0.39, 0.29) is 24.0 Å². The number of ether oxygens (including phenoxy) is 1. The largest absolute Gasteiger partial charge is 0.493 e. The first kappa shape index (κ1) is 25.4. The molecule has 3 rings (SSSR count). The Bertz CT molecular complexity index is 835. The number of rotatable bonds is 10. The summed E-state index contributed by atoms with van der Waals surface area (Å²) < 4.78 is 8.30. The van der Waals surface area contributed by atoms with E-state index in [1.807, 2.05) is 0 Å². The number of nitrogens with zero attached hydrogens (tertiary/aromatic N) is 4. The minimum Gasteiger partial charge on any atom is -0.493 e. The third-order valence-corrected chi connectivity index (χ3v) is 5.33. The van der Waals surface area contributed by atoms with Crippen LogP contribution in [0, 0.1) is 6.92 Å².